The third kappa shape index (κ3) is 8.35. The number of carboxylic acids is 1. The average molecular weight is 740 g/mol. The van der Waals surface area contributed by atoms with Crippen LogP contribution >= 0.6 is 35.3 Å². The first-order chi connectivity index (χ1) is 23.0. The molecule has 4 amide bonds. The zero-order chi connectivity index (χ0) is 34.5. The molecule has 0 bridgehead atoms. The van der Waals surface area contributed by atoms with E-state index in [9.17, 15) is 34.2 Å². The first-order valence-electron chi connectivity index (χ1n) is 14.3. The van der Waals surface area contributed by atoms with E-state index in [-0.39, 0.29) is 69.7 Å². The van der Waals surface area contributed by atoms with Gasteiger partial charge in [-0.2, -0.15) is 11.8 Å². The van der Waals surface area contributed by atoms with E-state index in [0.717, 1.165) is 27.5 Å². The second-order valence-corrected chi connectivity index (χ2v) is 13.7. The summed E-state index contributed by atoms with van der Waals surface area (Å²) in [6.07, 6.45) is 1.10. The number of carboxylic acid groups (broad SMARTS) is 1. The van der Waals surface area contributed by atoms with E-state index < -0.39 is 46.8 Å². The van der Waals surface area contributed by atoms with E-state index in [1.54, 1.807) is 18.8 Å². The smallest absolute Gasteiger partial charge is 0.543 e. The fourth-order valence-electron chi connectivity index (χ4n) is 5.01. The number of aromatic nitrogens is 6. The zero-order valence-electron chi connectivity index (χ0n) is 26.5. The Morgan fingerprint density at radius 2 is 2.00 bits per heavy atom. The summed E-state index contributed by atoms with van der Waals surface area (Å²) >= 11 is 4.10. The molecule has 5 rings (SSSR count). The van der Waals surface area contributed by atoms with Gasteiger partial charge in [0.25, 0.3) is 11.5 Å². The standard InChI is InChI=1S/C27H31N11O7S3.Na/c1-3-46-9-8-29-26-30-10-16(20(40)32-26)37(25(28)45)18(13-4-6-15(39)7-5-13)21(41)31-17-22(42)38-19(24(43)44)14(11-47-23(17)38)12-48-27-33-34-35-36(27)2;/h4-7,10,17-18,23,39H,3,8-9,11-12H2,1-2H3,(H2,28,45)(H,31,41)(H,43,44)(H2,29,30,32,40);/q;+1/p-1/t17?,18?,23-;/m0./s1. The Labute approximate surface area is 313 Å². The van der Waals surface area contributed by atoms with Crippen LogP contribution in [0.2, 0.25) is 0 Å². The van der Waals surface area contributed by atoms with Gasteiger partial charge in [-0.25, -0.2) is 14.5 Å². The fourth-order valence-corrected chi connectivity index (χ4v) is 7.88. The van der Waals surface area contributed by atoms with Crippen molar-refractivity contribution in [1.82, 2.24) is 40.4 Å². The van der Waals surface area contributed by atoms with Crippen LogP contribution in [0.25, 0.3) is 0 Å². The molecular weight excluding hydrogens is 710 g/mol. The molecule has 0 saturated carbocycles. The van der Waals surface area contributed by atoms with Crippen LogP contribution in [0.3, 0.4) is 0 Å². The van der Waals surface area contributed by atoms with Crippen LogP contribution in [0.15, 0.2) is 51.7 Å². The summed E-state index contributed by atoms with van der Waals surface area (Å²) in [4.78, 5) is 74.2. The van der Waals surface area contributed by atoms with Gasteiger partial charge in [-0.05, 0) is 39.4 Å². The van der Waals surface area contributed by atoms with Gasteiger partial charge in [0.2, 0.25) is 17.0 Å². The molecule has 254 valence electrons. The largest absolute Gasteiger partial charge is 1.00 e. The number of nitrogens with two attached hydrogens (primary N) is 1. The van der Waals surface area contributed by atoms with Crippen LogP contribution in [0.5, 0.6) is 5.75 Å². The number of β-lactam (4-membered cyclic amide) rings is 1. The number of primary amides is 1. The van der Waals surface area contributed by atoms with Gasteiger partial charge in [-0.15, -0.1) is 16.9 Å². The molecule has 22 heteroatoms. The molecule has 2 unspecified atom stereocenters. The number of thioether (sulfide) groups is 3. The van der Waals surface area contributed by atoms with E-state index in [1.165, 1.54) is 52.5 Å². The van der Waals surface area contributed by atoms with Gasteiger partial charge < -0.3 is 31.4 Å². The Hall–Kier alpha value is -3.76. The molecule has 3 atom stereocenters. The zero-order valence-corrected chi connectivity index (χ0v) is 30.9. The van der Waals surface area contributed by atoms with Crippen molar-refractivity contribution in [2.24, 2.45) is 12.8 Å². The second-order valence-electron chi connectivity index (χ2n) is 10.3. The Balaban J connectivity index is 0.00000541. The number of hydrogen-bond acceptors (Lipinski definition) is 15. The Bertz CT molecular complexity index is 1810. The molecule has 1 fully saturated rings. The van der Waals surface area contributed by atoms with Crippen LogP contribution in [-0.4, -0.2) is 105 Å². The topological polar surface area (TPSA) is 257 Å². The minimum Gasteiger partial charge on any atom is -0.543 e. The van der Waals surface area contributed by atoms with E-state index in [4.69, 9.17) is 5.73 Å². The number of H-pyrrole nitrogens is 1. The van der Waals surface area contributed by atoms with Crippen molar-refractivity contribution in [2.75, 3.05) is 39.8 Å². The number of nitrogens with zero attached hydrogens (tertiary/aromatic N) is 7. The number of urea groups is 1. The van der Waals surface area contributed by atoms with Gasteiger partial charge in [-0.1, -0.05) is 30.8 Å². The van der Waals surface area contributed by atoms with Crippen molar-refractivity contribution in [3.63, 3.8) is 0 Å². The number of amides is 4. The second kappa shape index (κ2) is 16.8. The van der Waals surface area contributed by atoms with Crippen LogP contribution in [0.4, 0.5) is 16.4 Å². The van der Waals surface area contributed by atoms with Gasteiger partial charge in [0.05, 0.1) is 17.9 Å². The summed E-state index contributed by atoms with van der Waals surface area (Å²) in [5.41, 5.74) is 4.87. The van der Waals surface area contributed by atoms with Crippen molar-refractivity contribution in [2.45, 2.75) is 29.5 Å². The molecule has 1 aromatic carbocycles. The number of aromatic amines is 1. The molecule has 2 aliphatic heterocycles. The monoisotopic (exact) mass is 739 g/mol. The number of benzene rings is 1. The molecule has 2 aliphatic rings. The Kier molecular flexibility index (Phi) is 13.0. The number of aryl methyl sites for hydroxylation is 1. The summed E-state index contributed by atoms with van der Waals surface area (Å²) in [6.45, 7) is 2.53. The number of tetrazole rings is 1. The summed E-state index contributed by atoms with van der Waals surface area (Å²) in [6, 6.07) is 1.31. The number of anilines is 2. The van der Waals surface area contributed by atoms with E-state index in [0.29, 0.717) is 17.3 Å². The first-order valence-corrected chi connectivity index (χ1v) is 17.5. The van der Waals surface area contributed by atoms with Crippen molar-refractivity contribution in [3.05, 3.63) is 57.6 Å². The van der Waals surface area contributed by atoms with Crippen molar-refractivity contribution in [1.29, 1.82) is 0 Å². The third-order valence-corrected chi connectivity index (χ3v) is 10.6. The number of aromatic hydroxyl groups is 1. The van der Waals surface area contributed by atoms with Gasteiger partial charge in [0, 0.05) is 30.9 Å². The maximum Gasteiger partial charge on any atom is 1.00 e. The van der Waals surface area contributed by atoms with E-state index in [1.807, 2.05) is 6.92 Å². The molecule has 0 aliphatic carbocycles. The number of phenols is 1. The van der Waals surface area contributed by atoms with Crippen molar-refractivity contribution in [3.8, 4) is 5.75 Å². The molecule has 0 spiro atoms. The van der Waals surface area contributed by atoms with Gasteiger partial charge in [-0.3, -0.25) is 29.2 Å². The number of carbonyl (C=O) groups is 4. The Morgan fingerprint density at radius 3 is 2.61 bits per heavy atom. The molecule has 49 heavy (non-hydrogen) atoms. The molecule has 18 nitrogen and oxygen atoms in total. The molecule has 0 radical (unpaired) electrons. The van der Waals surface area contributed by atoms with Crippen LogP contribution < -0.4 is 61.5 Å². The SMILES string of the molecule is CCSCCNc1ncc(N(C(N)=O)C(C(=O)NC2C(=O)N3C(C(=O)[O-])=C(CSc4nnnn4C)CS[C@@H]23)c2ccc(O)cc2)c(=O)[nH]1.[Na+]. The van der Waals surface area contributed by atoms with Crippen molar-refractivity contribution < 1.29 is 58.9 Å². The van der Waals surface area contributed by atoms with Crippen LogP contribution in [-0.2, 0) is 21.4 Å². The molecular formula is C27H30N11NaO7S3. The normalized spacial score (nSPS) is 17.3. The number of hydrogen-bond donors (Lipinski definition) is 5. The molecule has 3 aromatic rings. The number of carbonyl (C=O) groups excluding carboxylic acids is 4. The molecule has 6 N–H and O–H groups in total. The minimum atomic E-state index is -1.59. The van der Waals surface area contributed by atoms with Gasteiger partial charge in [0.15, 0.2) is 0 Å². The molecule has 4 heterocycles. The molecule has 1 saturated heterocycles. The minimum absolute atomic E-state index is 0. The maximum atomic E-state index is 14.0. The molecule has 2 aromatic heterocycles. The average Bonchev–Trinajstić information content (AvgIpc) is 3.47. The predicted octanol–water partition coefficient (Wildman–Crippen LogP) is -4.01. The number of rotatable bonds is 14. The van der Waals surface area contributed by atoms with Crippen LogP contribution in [0, 0.1) is 0 Å². The number of aliphatic carboxylic acids is 1. The Morgan fingerprint density at radius 1 is 1.27 bits per heavy atom. The first kappa shape index (κ1) is 38.0. The maximum absolute atomic E-state index is 14.0. The summed E-state index contributed by atoms with van der Waals surface area (Å²) in [5.74, 6) is -1.10. The predicted molar refractivity (Wildman–Crippen MR) is 176 cm³/mol. The van der Waals surface area contributed by atoms with Crippen molar-refractivity contribution >= 4 is 70.7 Å². The summed E-state index contributed by atoms with van der Waals surface area (Å²) in [7, 11) is 1.63. The number of phenolic OH excluding ortho intramolecular Hbond substituents is 1. The summed E-state index contributed by atoms with van der Waals surface area (Å²) < 4.78 is 1.42. The summed E-state index contributed by atoms with van der Waals surface area (Å²) in [5, 5.41) is 38.5. The van der Waals surface area contributed by atoms with Gasteiger partial charge in [0.1, 0.15) is 28.9 Å². The fraction of sp³-hybridized carbons (Fsp3) is 0.370. The van der Waals surface area contributed by atoms with Crippen LogP contribution in [0.1, 0.15) is 18.5 Å². The quantitative estimate of drug-likeness (QED) is 0.0457. The third-order valence-electron chi connectivity index (χ3n) is 7.23. The van der Waals surface area contributed by atoms with Gasteiger partial charge >= 0.3 is 35.6 Å². The van der Waals surface area contributed by atoms with E-state index in [2.05, 4.69) is 36.1 Å². The van der Waals surface area contributed by atoms with E-state index >= 15 is 0 Å². The number of nitrogens with one attached hydrogen (secondary N) is 3. The number of fused-ring (bicyclic) bond motifs is 1.